The van der Waals surface area contributed by atoms with Crippen LogP contribution in [0.1, 0.15) is 29.2 Å². The summed E-state index contributed by atoms with van der Waals surface area (Å²) in [5.74, 6) is -1.12. The average molecular weight is 275 g/mol. The van der Waals surface area contributed by atoms with Crippen LogP contribution in [0.25, 0.3) is 0 Å². The van der Waals surface area contributed by atoms with E-state index in [2.05, 4.69) is 0 Å². The quantitative estimate of drug-likeness (QED) is 0.900. The fraction of sp³-hybridized carbons (Fsp3) is 0.294. The van der Waals surface area contributed by atoms with E-state index in [1.165, 1.54) is 17.7 Å². The number of rotatable bonds is 3. The summed E-state index contributed by atoms with van der Waals surface area (Å²) in [4.78, 5) is 0. The predicted octanol–water partition coefficient (Wildman–Crippen LogP) is 4.00. The standard InChI is InChI=1S/C17H19F2N/c1-11-4-6-14(8-12(11)2)17(3,20)10-13-5-7-15(18)9-16(13)19/h4-9H,10,20H2,1-3H3. The highest BCUT2D eigenvalue weighted by molar-refractivity contribution is 5.35. The maximum Gasteiger partial charge on any atom is 0.129 e. The molecule has 2 N–H and O–H groups in total. The molecular weight excluding hydrogens is 256 g/mol. The fourth-order valence-corrected chi connectivity index (χ4v) is 2.26. The Morgan fingerprint density at radius 3 is 2.30 bits per heavy atom. The summed E-state index contributed by atoms with van der Waals surface area (Å²) in [6, 6.07) is 9.61. The second-order valence-electron chi connectivity index (χ2n) is 5.63. The van der Waals surface area contributed by atoms with Crippen molar-refractivity contribution in [3.63, 3.8) is 0 Å². The van der Waals surface area contributed by atoms with Gasteiger partial charge in [-0.3, -0.25) is 0 Å². The molecule has 3 heteroatoms. The highest BCUT2D eigenvalue weighted by Gasteiger charge is 2.23. The lowest BCUT2D eigenvalue weighted by atomic mass is 9.85. The van der Waals surface area contributed by atoms with E-state index >= 15 is 0 Å². The van der Waals surface area contributed by atoms with E-state index in [-0.39, 0.29) is 0 Å². The van der Waals surface area contributed by atoms with Crippen LogP contribution in [0.5, 0.6) is 0 Å². The first-order valence-corrected chi connectivity index (χ1v) is 6.60. The van der Waals surface area contributed by atoms with Gasteiger partial charge in [0.1, 0.15) is 11.6 Å². The summed E-state index contributed by atoms with van der Waals surface area (Å²) in [7, 11) is 0. The molecule has 0 fully saturated rings. The molecule has 0 bridgehead atoms. The Labute approximate surface area is 118 Å². The Hall–Kier alpha value is -1.74. The number of benzene rings is 2. The maximum atomic E-state index is 13.7. The van der Waals surface area contributed by atoms with Gasteiger partial charge >= 0.3 is 0 Å². The molecule has 0 spiro atoms. The molecule has 0 heterocycles. The van der Waals surface area contributed by atoms with Crippen molar-refractivity contribution in [2.75, 3.05) is 0 Å². The summed E-state index contributed by atoms with van der Waals surface area (Å²) in [6.07, 6.45) is 0.321. The van der Waals surface area contributed by atoms with E-state index in [1.807, 2.05) is 39.0 Å². The number of hydrogen-bond donors (Lipinski definition) is 1. The second kappa shape index (κ2) is 5.33. The monoisotopic (exact) mass is 275 g/mol. The third-order valence-electron chi connectivity index (χ3n) is 3.74. The number of hydrogen-bond acceptors (Lipinski definition) is 1. The largest absolute Gasteiger partial charge is 0.321 e. The van der Waals surface area contributed by atoms with E-state index in [4.69, 9.17) is 5.73 Å². The minimum absolute atomic E-state index is 0.321. The Morgan fingerprint density at radius 1 is 1.00 bits per heavy atom. The first-order chi connectivity index (χ1) is 9.29. The van der Waals surface area contributed by atoms with Gasteiger partial charge in [-0.2, -0.15) is 0 Å². The van der Waals surface area contributed by atoms with Gasteiger partial charge < -0.3 is 5.73 Å². The van der Waals surface area contributed by atoms with Crippen LogP contribution in [0.15, 0.2) is 36.4 Å². The molecule has 106 valence electrons. The molecule has 0 aliphatic heterocycles. The molecule has 0 aliphatic rings. The highest BCUT2D eigenvalue weighted by atomic mass is 19.1. The summed E-state index contributed by atoms with van der Waals surface area (Å²) in [5, 5.41) is 0. The molecule has 0 radical (unpaired) electrons. The van der Waals surface area contributed by atoms with E-state index in [0.29, 0.717) is 12.0 Å². The molecule has 20 heavy (non-hydrogen) atoms. The molecule has 1 unspecified atom stereocenters. The molecule has 0 aromatic heterocycles. The van der Waals surface area contributed by atoms with Crippen molar-refractivity contribution in [2.45, 2.75) is 32.7 Å². The van der Waals surface area contributed by atoms with Crippen molar-refractivity contribution in [3.8, 4) is 0 Å². The smallest absolute Gasteiger partial charge is 0.129 e. The molecule has 0 aliphatic carbocycles. The zero-order valence-electron chi connectivity index (χ0n) is 12.0. The lowest BCUT2D eigenvalue weighted by molar-refractivity contribution is 0.472. The molecule has 2 rings (SSSR count). The number of halogens is 2. The van der Waals surface area contributed by atoms with E-state index in [9.17, 15) is 8.78 Å². The predicted molar refractivity (Wildman–Crippen MR) is 77.5 cm³/mol. The SMILES string of the molecule is Cc1ccc(C(C)(N)Cc2ccc(F)cc2F)cc1C. The van der Waals surface area contributed by atoms with Crippen LogP contribution in [0.4, 0.5) is 8.78 Å². The Morgan fingerprint density at radius 2 is 1.70 bits per heavy atom. The fourth-order valence-electron chi connectivity index (χ4n) is 2.26. The summed E-state index contributed by atoms with van der Waals surface area (Å²) >= 11 is 0. The van der Waals surface area contributed by atoms with Crippen molar-refractivity contribution in [2.24, 2.45) is 5.73 Å². The van der Waals surface area contributed by atoms with Crippen molar-refractivity contribution in [1.82, 2.24) is 0 Å². The minimum atomic E-state index is -0.697. The van der Waals surface area contributed by atoms with Gasteiger partial charge in [0.15, 0.2) is 0 Å². The van der Waals surface area contributed by atoms with Crippen LogP contribution >= 0.6 is 0 Å². The Kier molecular flexibility index (Phi) is 3.91. The van der Waals surface area contributed by atoms with Crippen LogP contribution < -0.4 is 5.73 Å². The van der Waals surface area contributed by atoms with Crippen LogP contribution in [0, 0.1) is 25.5 Å². The Balaban J connectivity index is 2.32. The summed E-state index contributed by atoms with van der Waals surface area (Å²) in [5.41, 5.74) is 9.36. The van der Waals surface area contributed by atoms with E-state index in [0.717, 1.165) is 17.2 Å². The molecule has 1 atom stereocenters. The van der Waals surface area contributed by atoms with Crippen molar-refractivity contribution in [1.29, 1.82) is 0 Å². The lowest BCUT2D eigenvalue weighted by Crippen LogP contribution is -2.35. The number of aryl methyl sites for hydroxylation is 2. The molecule has 0 saturated heterocycles. The van der Waals surface area contributed by atoms with Gasteiger partial charge in [0.25, 0.3) is 0 Å². The van der Waals surface area contributed by atoms with Gasteiger partial charge in [-0.25, -0.2) is 8.78 Å². The first-order valence-electron chi connectivity index (χ1n) is 6.60. The zero-order chi connectivity index (χ0) is 14.9. The molecule has 2 aromatic rings. The van der Waals surface area contributed by atoms with Crippen LogP contribution in [-0.4, -0.2) is 0 Å². The van der Waals surface area contributed by atoms with Gasteiger partial charge in [-0.1, -0.05) is 24.3 Å². The third-order valence-corrected chi connectivity index (χ3v) is 3.74. The second-order valence-corrected chi connectivity index (χ2v) is 5.63. The normalized spacial score (nSPS) is 14.1. The van der Waals surface area contributed by atoms with Crippen LogP contribution in [-0.2, 0) is 12.0 Å². The molecule has 1 nitrogen and oxygen atoms in total. The van der Waals surface area contributed by atoms with Gasteiger partial charge in [0.05, 0.1) is 0 Å². The Bertz CT molecular complexity index is 633. The van der Waals surface area contributed by atoms with Crippen molar-refractivity contribution >= 4 is 0 Å². The molecular formula is C17H19F2N. The van der Waals surface area contributed by atoms with Gasteiger partial charge in [0.2, 0.25) is 0 Å². The third kappa shape index (κ3) is 3.05. The van der Waals surface area contributed by atoms with Gasteiger partial charge in [-0.05, 0) is 55.5 Å². The van der Waals surface area contributed by atoms with Crippen LogP contribution in [0.3, 0.4) is 0 Å². The van der Waals surface area contributed by atoms with E-state index in [1.54, 1.807) is 0 Å². The summed E-state index contributed by atoms with van der Waals surface area (Å²) in [6.45, 7) is 5.92. The van der Waals surface area contributed by atoms with Crippen molar-refractivity contribution in [3.05, 3.63) is 70.3 Å². The zero-order valence-corrected chi connectivity index (χ0v) is 12.0. The first kappa shape index (κ1) is 14.7. The van der Waals surface area contributed by atoms with Crippen LogP contribution in [0.2, 0.25) is 0 Å². The lowest BCUT2D eigenvalue weighted by Gasteiger charge is -2.26. The van der Waals surface area contributed by atoms with Crippen molar-refractivity contribution < 1.29 is 8.78 Å². The van der Waals surface area contributed by atoms with Gasteiger partial charge in [0, 0.05) is 11.6 Å². The molecule has 2 aromatic carbocycles. The molecule has 0 amide bonds. The minimum Gasteiger partial charge on any atom is -0.321 e. The molecule has 0 saturated carbocycles. The topological polar surface area (TPSA) is 26.0 Å². The van der Waals surface area contributed by atoms with Gasteiger partial charge in [-0.15, -0.1) is 0 Å². The van der Waals surface area contributed by atoms with E-state index < -0.39 is 17.2 Å². The summed E-state index contributed by atoms with van der Waals surface area (Å²) < 4.78 is 26.7. The highest BCUT2D eigenvalue weighted by Crippen LogP contribution is 2.26. The number of nitrogens with two attached hydrogens (primary N) is 1. The maximum absolute atomic E-state index is 13.7. The average Bonchev–Trinajstić information content (AvgIpc) is 2.36.